The molecule has 2 amide bonds. The summed E-state index contributed by atoms with van der Waals surface area (Å²) in [6, 6.07) is 6.52. The van der Waals surface area contributed by atoms with Gasteiger partial charge in [-0.25, -0.2) is 18.7 Å². The molecule has 1 heterocycles. The number of halogens is 8. The lowest BCUT2D eigenvalue weighted by Crippen LogP contribution is -2.58. The van der Waals surface area contributed by atoms with Gasteiger partial charge in [0.1, 0.15) is 17.0 Å². The van der Waals surface area contributed by atoms with Crippen molar-refractivity contribution in [3.05, 3.63) is 84.2 Å². The maximum Gasteiger partial charge on any atom is 0.310 e. The summed E-state index contributed by atoms with van der Waals surface area (Å²) in [6.45, 7) is 1.02. The number of nitrogens with one attached hydrogen (secondary N) is 1. The molecule has 2 atom stereocenters. The molecule has 0 radical (unpaired) electrons. The van der Waals surface area contributed by atoms with Gasteiger partial charge in [0, 0.05) is 30.2 Å². The van der Waals surface area contributed by atoms with Gasteiger partial charge in [0.05, 0.1) is 0 Å². The van der Waals surface area contributed by atoms with E-state index in [0.717, 1.165) is 25.6 Å². The van der Waals surface area contributed by atoms with Crippen LogP contribution in [0.15, 0.2) is 72.1 Å². The Balaban J connectivity index is 2.07. The fraction of sp³-hybridized carbons (Fsp3) is 0.217. The van der Waals surface area contributed by atoms with E-state index in [1.165, 1.54) is 18.2 Å². The molecule has 0 saturated carbocycles. The number of carbonyl (C=O) groups excluding carboxylic acids is 2. The summed E-state index contributed by atoms with van der Waals surface area (Å²) in [7, 11) is -10.1. The average Bonchev–Trinajstić information content (AvgIpc) is 2.83. The third-order valence-corrected chi connectivity index (χ3v) is 6.90. The molecular weight excluding hydrogens is 565 g/mol. The number of hydrogen-bond acceptors (Lipinski definition) is 4. The lowest BCUT2D eigenvalue weighted by molar-refractivity contribution is -0.131. The molecule has 0 spiro atoms. The number of carbonyl (C=O) groups is 2. The van der Waals surface area contributed by atoms with Gasteiger partial charge >= 0.3 is 10.2 Å². The summed E-state index contributed by atoms with van der Waals surface area (Å²) in [4.78, 5) is 32.1. The first-order valence-corrected chi connectivity index (χ1v) is 13.1. The van der Waals surface area contributed by atoms with Crippen molar-refractivity contribution in [2.24, 2.45) is 0 Å². The first-order valence-electron chi connectivity index (χ1n) is 10.7. The Hall–Kier alpha value is -3.39. The average molecular weight is 585 g/mol. The highest BCUT2D eigenvalue weighted by Gasteiger charge is 2.65. The largest absolute Gasteiger partial charge is 0.353 e. The van der Waals surface area contributed by atoms with Gasteiger partial charge in [-0.15, -0.1) is 0 Å². The molecule has 1 N–H and O–H groups in total. The minimum atomic E-state index is -10.1. The minimum absolute atomic E-state index is 0.0163. The van der Waals surface area contributed by atoms with Gasteiger partial charge in [-0.2, -0.15) is 0 Å². The second-order valence-electron chi connectivity index (χ2n) is 8.27. The summed E-state index contributed by atoms with van der Waals surface area (Å²) >= 11 is 5.37. The van der Waals surface area contributed by atoms with E-state index in [4.69, 9.17) is 11.6 Å². The van der Waals surface area contributed by atoms with E-state index in [9.17, 15) is 37.8 Å². The van der Waals surface area contributed by atoms with Crippen LogP contribution < -0.4 is 10.2 Å². The van der Waals surface area contributed by atoms with Crippen LogP contribution in [0.3, 0.4) is 0 Å². The zero-order valence-electron chi connectivity index (χ0n) is 19.4. The molecule has 15 heteroatoms. The minimum Gasteiger partial charge on any atom is -0.353 e. The third-order valence-electron chi connectivity index (χ3n) is 5.55. The van der Waals surface area contributed by atoms with Crippen molar-refractivity contribution in [2.45, 2.75) is 29.4 Å². The molecule has 0 aliphatic rings. The van der Waals surface area contributed by atoms with E-state index in [0.29, 0.717) is 22.6 Å². The monoisotopic (exact) mass is 584 g/mol. The van der Waals surface area contributed by atoms with Gasteiger partial charge in [-0.05, 0) is 55.3 Å². The molecule has 0 unspecified atom stereocenters. The molecule has 38 heavy (non-hydrogen) atoms. The molecule has 0 saturated heterocycles. The van der Waals surface area contributed by atoms with Crippen molar-refractivity contribution in [1.82, 2.24) is 15.3 Å². The normalized spacial score (nSPS) is 15.9. The fourth-order valence-electron chi connectivity index (χ4n) is 3.65. The number of aromatic nitrogens is 2. The van der Waals surface area contributed by atoms with Crippen LogP contribution in [0.1, 0.15) is 18.1 Å². The van der Waals surface area contributed by atoms with Crippen LogP contribution in [0.2, 0.25) is 0 Å². The molecular formula is C23H20ClF7N4O2S. The molecule has 3 aromatic rings. The van der Waals surface area contributed by atoms with Gasteiger partial charge in [-0.3, -0.25) is 14.5 Å². The Bertz CT molecular complexity index is 1330. The van der Waals surface area contributed by atoms with E-state index in [2.05, 4.69) is 15.3 Å². The second-order valence-corrected chi connectivity index (χ2v) is 11.1. The molecule has 1 aromatic heterocycles. The number of amides is 2. The zero-order chi connectivity index (χ0) is 28.4. The first kappa shape index (κ1) is 29.2. The van der Waals surface area contributed by atoms with Crippen LogP contribution in [-0.2, 0) is 21.5 Å². The number of hydrogen-bond donors (Lipinski definition) is 1. The van der Waals surface area contributed by atoms with Gasteiger partial charge < -0.3 is 5.32 Å². The number of benzene rings is 2. The summed E-state index contributed by atoms with van der Waals surface area (Å²) in [5, 5.41) is 2.51. The lowest BCUT2D eigenvalue weighted by atomic mass is 9.89. The van der Waals surface area contributed by atoms with Crippen molar-refractivity contribution in [1.29, 1.82) is 0 Å². The van der Waals surface area contributed by atoms with Gasteiger partial charge in [-0.1, -0.05) is 43.2 Å². The lowest BCUT2D eigenvalue weighted by Gasteiger charge is -2.42. The fourth-order valence-corrected chi connectivity index (χ4v) is 4.40. The first-order chi connectivity index (χ1) is 17.4. The Kier molecular flexibility index (Phi) is 7.47. The highest BCUT2D eigenvalue weighted by Crippen LogP contribution is 3.02. The second kappa shape index (κ2) is 9.73. The molecule has 0 aliphatic carbocycles. The van der Waals surface area contributed by atoms with E-state index in [1.54, 1.807) is 6.07 Å². The standard InChI is InChI=1S/C23H20ClF7N4O2S/c1-23(16-12-32-14-33-13-16,22(37)34-10-9-15-3-2-4-17(25)11-15)35(21(36)20(24)26)18-5-7-19(8-6-18)38(27,28,29,30)31/h2-8,11-14,20H,9-10H2,1H3,(H,34,37)/t20-,23-/m0/s1. The Morgan fingerprint density at radius 1 is 1.05 bits per heavy atom. The number of alkyl halides is 2. The van der Waals surface area contributed by atoms with Gasteiger partial charge in [0.2, 0.25) is 0 Å². The molecule has 206 valence electrons. The molecule has 3 rings (SSSR count). The molecule has 2 aromatic carbocycles. The summed E-state index contributed by atoms with van der Waals surface area (Å²) in [5.41, 5.74) is -5.13. The van der Waals surface area contributed by atoms with Crippen LogP contribution >= 0.6 is 21.8 Å². The smallest absolute Gasteiger partial charge is 0.310 e. The van der Waals surface area contributed by atoms with E-state index >= 15 is 0 Å². The van der Waals surface area contributed by atoms with Crippen molar-refractivity contribution in [3.63, 3.8) is 0 Å². The van der Waals surface area contributed by atoms with Crippen molar-refractivity contribution in [3.8, 4) is 0 Å². The SMILES string of the molecule is C[C@@](C(=O)NCCc1cccc(F)c1)(c1cncnc1)N(C(=O)[C@H](F)Cl)c1ccc(S(F)(F)(F)(F)F)cc1. The topological polar surface area (TPSA) is 75.2 Å². The Morgan fingerprint density at radius 2 is 1.66 bits per heavy atom. The van der Waals surface area contributed by atoms with Gasteiger partial charge in [0.25, 0.3) is 17.4 Å². The highest BCUT2D eigenvalue weighted by atomic mass is 35.5. The quantitative estimate of drug-likeness (QED) is 0.233. The van der Waals surface area contributed by atoms with E-state index < -0.39 is 49.6 Å². The maximum absolute atomic E-state index is 14.1. The molecule has 0 fully saturated rings. The predicted octanol–water partition coefficient (Wildman–Crippen LogP) is 6.41. The van der Waals surface area contributed by atoms with Crippen LogP contribution in [-0.4, -0.2) is 34.0 Å². The molecule has 6 nitrogen and oxygen atoms in total. The summed E-state index contributed by atoms with van der Waals surface area (Å²) in [6.07, 6.45) is 3.42. The summed E-state index contributed by atoms with van der Waals surface area (Å²) < 4.78 is 93.8. The van der Waals surface area contributed by atoms with Crippen molar-refractivity contribution >= 4 is 39.3 Å². The molecule has 0 aliphatic heterocycles. The van der Waals surface area contributed by atoms with Gasteiger partial charge in [0.15, 0.2) is 5.54 Å². The van der Waals surface area contributed by atoms with E-state index in [-0.39, 0.29) is 30.7 Å². The van der Waals surface area contributed by atoms with Crippen LogP contribution in [0, 0.1) is 5.82 Å². The zero-order valence-corrected chi connectivity index (χ0v) is 21.0. The Labute approximate surface area is 217 Å². The van der Waals surface area contributed by atoms with Crippen LogP contribution in [0.5, 0.6) is 0 Å². The predicted molar refractivity (Wildman–Crippen MR) is 129 cm³/mol. The Morgan fingerprint density at radius 3 is 2.18 bits per heavy atom. The van der Waals surface area contributed by atoms with Crippen molar-refractivity contribution in [2.75, 3.05) is 11.4 Å². The van der Waals surface area contributed by atoms with E-state index in [1.807, 2.05) is 0 Å². The van der Waals surface area contributed by atoms with Crippen LogP contribution in [0.25, 0.3) is 0 Å². The maximum atomic E-state index is 14.1. The summed E-state index contributed by atoms with van der Waals surface area (Å²) in [5.74, 6) is -3.05. The molecule has 0 bridgehead atoms. The number of anilines is 1. The number of nitrogens with zero attached hydrogens (tertiary/aromatic N) is 3. The van der Waals surface area contributed by atoms with Crippen LogP contribution in [0.4, 0.5) is 33.9 Å². The van der Waals surface area contributed by atoms with Crippen molar-refractivity contribution < 1.29 is 37.8 Å². The third kappa shape index (κ3) is 6.54. The number of rotatable bonds is 9. The highest BCUT2D eigenvalue weighted by molar-refractivity contribution is 8.45.